The van der Waals surface area contributed by atoms with Crippen LogP contribution < -0.4 is 10.0 Å². The van der Waals surface area contributed by atoms with E-state index in [0.29, 0.717) is 13.1 Å². The van der Waals surface area contributed by atoms with Crippen molar-refractivity contribution in [1.82, 2.24) is 19.8 Å². The summed E-state index contributed by atoms with van der Waals surface area (Å²) >= 11 is 0. The molecule has 1 aromatic rings. The third kappa shape index (κ3) is 4.75. The van der Waals surface area contributed by atoms with Crippen LogP contribution in [0.2, 0.25) is 0 Å². The zero-order valence-corrected chi connectivity index (χ0v) is 12.0. The molecule has 0 aliphatic heterocycles. The van der Waals surface area contributed by atoms with Crippen LogP contribution in [0.1, 0.15) is 24.6 Å². The second-order valence-electron chi connectivity index (χ2n) is 4.27. The van der Waals surface area contributed by atoms with Gasteiger partial charge in [-0.3, -0.25) is 4.68 Å². The SMILES string of the molecule is CCCNCCS(=O)(=O)NCc1cnn(C)c1C. The molecule has 0 saturated carbocycles. The van der Waals surface area contributed by atoms with Gasteiger partial charge in [0, 0.05) is 31.4 Å². The summed E-state index contributed by atoms with van der Waals surface area (Å²) in [6.45, 7) is 5.59. The Hall–Kier alpha value is -0.920. The van der Waals surface area contributed by atoms with Gasteiger partial charge in [-0.2, -0.15) is 5.10 Å². The average Bonchev–Trinajstić information content (AvgIpc) is 2.63. The van der Waals surface area contributed by atoms with Gasteiger partial charge >= 0.3 is 0 Å². The smallest absolute Gasteiger partial charge is 0.213 e. The predicted molar refractivity (Wildman–Crippen MR) is 71.7 cm³/mol. The molecule has 1 rings (SSSR count). The molecule has 1 aromatic heterocycles. The van der Waals surface area contributed by atoms with E-state index >= 15 is 0 Å². The summed E-state index contributed by atoms with van der Waals surface area (Å²) in [5.74, 6) is 0.103. The van der Waals surface area contributed by atoms with E-state index in [1.807, 2.05) is 20.9 Å². The molecule has 18 heavy (non-hydrogen) atoms. The van der Waals surface area contributed by atoms with Gasteiger partial charge in [0.05, 0.1) is 11.9 Å². The van der Waals surface area contributed by atoms with E-state index in [-0.39, 0.29) is 5.75 Å². The molecule has 1 heterocycles. The van der Waals surface area contributed by atoms with Crippen LogP contribution in [0.5, 0.6) is 0 Å². The third-order valence-electron chi connectivity index (χ3n) is 2.79. The molecule has 0 saturated heterocycles. The van der Waals surface area contributed by atoms with E-state index in [1.165, 1.54) is 0 Å². The van der Waals surface area contributed by atoms with E-state index in [9.17, 15) is 8.42 Å². The zero-order chi connectivity index (χ0) is 13.6. The van der Waals surface area contributed by atoms with E-state index in [0.717, 1.165) is 24.2 Å². The number of hydrogen-bond donors (Lipinski definition) is 2. The summed E-state index contributed by atoms with van der Waals surface area (Å²) in [6.07, 6.45) is 2.69. The van der Waals surface area contributed by atoms with Crippen molar-refractivity contribution in [3.05, 3.63) is 17.5 Å². The molecule has 104 valence electrons. The van der Waals surface area contributed by atoms with Gasteiger partial charge in [-0.15, -0.1) is 0 Å². The molecule has 0 amide bonds. The van der Waals surface area contributed by atoms with Crippen LogP contribution in [0, 0.1) is 6.92 Å². The van der Waals surface area contributed by atoms with E-state index in [4.69, 9.17) is 0 Å². The Bertz CT molecular complexity index is 467. The van der Waals surface area contributed by atoms with Gasteiger partial charge in [0.15, 0.2) is 0 Å². The van der Waals surface area contributed by atoms with E-state index in [1.54, 1.807) is 10.9 Å². The van der Waals surface area contributed by atoms with Crippen LogP contribution in [0.25, 0.3) is 0 Å². The number of nitrogens with one attached hydrogen (secondary N) is 2. The lowest BCUT2D eigenvalue weighted by molar-refractivity contribution is 0.575. The van der Waals surface area contributed by atoms with Gasteiger partial charge < -0.3 is 5.32 Å². The van der Waals surface area contributed by atoms with Gasteiger partial charge in [-0.05, 0) is 19.9 Å². The highest BCUT2D eigenvalue weighted by Crippen LogP contribution is 2.05. The quantitative estimate of drug-likeness (QED) is 0.662. The first-order chi connectivity index (χ1) is 8.46. The lowest BCUT2D eigenvalue weighted by Crippen LogP contribution is -2.32. The normalized spacial score (nSPS) is 11.9. The summed E-state index contributed by atoms with van der Waals surface area (Å²) in [5.41, 5.74) is 1.88. The third-order valence-corrected chi connectivity index (χ3v) is 4.12. The maximum absolute atomic E-state index is 11.7. The highest BCUT2D eigenvalue weighted by molar-refractivity contribution is 7.89. The number of aryl methyl sites for hydroxylation is 1. The molecule has 0 fully saturated rings. The molecule has 0 atom stereocenters. The van der Waals surface area contributed by atoms with Crippen molar-refractivity contribution in [1.29, 1.82) is 0 Å². The summed E-state index contributed by atoms with van der Waals surface area (Å²) in [5, 5.41) is 7.14. The molecular formula is C11H22N4O2S. The Labute approximate surface area is 109 Å². The standard InChI is InChI=1S/C11H22N4O2S/c1-4-5-12-6-7-18(16,17)14-9-11-8-13-15(3)10(11)2/h8,12,14H,4-7,9H2,1-3H3. The highest BCUT2D eigenvalue weighted by atomic mass is 32.2. The number of rotatable bonds is 8. The number of aromatic nitrogens is 2. The molecule has 0 aromatic carbocycles. The van der Waals surface area contributed by atoms with Crippen LogP contribution in [0.3, 0.4) is 0 Å². The summed E-state index contributed by atoms with van der Waals surface area (Å²) in [7, 11) is -1.38. The Morgan fingerprint density at radius 2 is 2.11 bits per heavy atom. The topological polar surface area (TPSA) is 76.0 Å². The first kappa shape index (κ1) is 15.1. The molecule has 0 bridgehead atoms. The lowest BCUT2D eigenvalue weighted by Gasteiger charge is -2.07. The summed E-state index contributed by atoms with van der Waals surface area (Å²) in [4.78, 5) is 0. The number of nitrogens with zero attached hydrogens (tertiary/aromatic N) is 2. The van der Waals surface area contributed by atoms with Crippen molar-refractivity contribution in [3.8, 4) is 0 Å². The van der Waals surface area contributed by atoms with Crippen LogP contribution >= 0.6 is 0 Å². The number of hydrogen-bond acceptors (Lipinski definition) is 4. The molecular weight excluding hydrogens is 252 g/mol. The minimum atomic E-state index is -3.22. The van der Waals surface area contributed by atoms with Gasteiger partial charge in [-0.1, -0.05) is 6.92 Å². The monoisotopic (exact) mass is 274 g/mol. The van der Waals surface area contributed by atoms with Gasteiger partial charge in [0.1, 0.15) is 0 Å². The van der Waals surface area contributed by atoms with Crippen molar-refractivity contribution >= 4 is 10.0 Å². The van der Waals surface area contributed by atoms with Crippen molar-refractivity contribution in [2.45, 2.75) is 26.8 Å². The zero-order valence-electron chi connectivity index (χ0n) is 11.2. The van der Waals surface area contributed by atoms with Crippen LogP contribution in [0.15, 0.2) is 6.20 Å². The Balaban J connectivity index is 2.40. The van der Waals surface area contributed by atoms with E-state index in [2.05, 4.69) is 15.1 Å². The summed E-state index contributed by atoms with van der Waals surface area (Å²) in [6, 6.07) is 0. The first-order valence-electron chi connectivity index (χ1n) is 6.12. The van der Waals surface area contributed by atoms with Crippen molar-refractivity contribution in [2.75, 3.05) is 18.8 Å². The second-order valence-corrected chi connectivity index (χ2v) is 6.20. The lowest BCUT2D eigenvalue weighted by atomic mass is 10.3. The van der Waals surface area contributed by atoms with Crippen LogP contribution in [-0.2, 0) is 23.6 Å². The number of sulfonamides is 1. The van der Waals surface area contributed by atoms with Gasteiger partial charge in [0.25, 0.3) is 0 Å². The summed E-state index contributed by atoms with van der Waals surface area (Å²) < 4.78 is 27.7. The maximum atomic E-state index is 11.7. The molecule has 0 spiro atoms. The molecule has 0 unspecified atom stereocenters. The minimum Gasteiger partial charge on any atom is -0.316 e. The van der Waals surface area contributed by atoms with Gasteiger partial charge in [0.2, 0.25) is 10.0 Å². The van der Waals surface area contributed by atoms with Crippen LogP contribution in [0.4, 0.5) is 0 Å². The largest absolute Gasteiger partial charge is 0.316 e. The molecule has 7 heteroatoms. The maximum Gasteiger partial charge on any atom is 0.213 e. The fraction of sp³-hybridized carbons (Fsp3) is 0.727. The molecule has 0 aliphatic carbocycles. The van der Waals surface area contributed by atoms with Gasteiger partial charge in [-0.25, -0.2) is 13.1 Å². The second kappa shape index (κ2) is 6.86. The highest BCUT2D eigenvalue weighted by Gasteiger charge is 2.11. The molecule has 2 N–H and O–H groups in total. The van der Waals surface area contributed by atoms with Crippen molar-refractivity contribution in [2.24, 2.45) is 7.05 Å². The minimum absolute atomic E-state index is 0.103. The Morgan fingerprint density at radius 1 is 1.39 bits per heavy atom. The Kier molecular flexibility index (Phi) is 5.77. The molecule has 0 aliphatic rings. The first-order valence-corrected chi connectivity index (χ1v) is 7.77. The van der Waals surface area contributed by atoms with Crippen molar-refractivity contribution < 1.29 is 8.42 Å². The molecule has 6 nitrogen and oxygen atoms in total. The fourth-order valence-corrected chi connectivity index (χ4v) is 2.42. The predicted octanol–water partition coefficient (Wildman–Crippen LogP) is 0.148. The van der Waals surface area contributed by atoms with Crippen LogP contribution in [-0.4, -0.2) is 37.0 Å². The fourth-order valence-electron chi connectivity index (χ4n) is 1.49. The Morgan fingerprint density at radius 3 is 2.67 bits per heavy atom. The molecule has 0 radical (unpaired) electrons. The van der Waals surface area contributed by atoms with Crippen molar-refractivity contribution in [3.63, 3.8) is 0 Å². The average molecular weight is 274 g/mol. The van der Waals surface area contributed by atoms with E-state index < -0.39 is 10.0 Å².